The summed E-state index contributed by atoms with van der Waals surface area (Å²) in [7, 11) is 0. The monoisotopic (exact) mass is 452 g/mol. The second-order valence-electron chi connectivity index (χ2n) is 6.53. The van der Waals surface area contributed by atoms with Gasteiger partial charge in [0.05, 0.1) is 24.8 Å². The topological polar surface area (TPSA) is 98.5 Å². The maximum atomic E-state index is 14.0. The molecule has 1 atom stereocenters. The molecule has 7 nitrogen and oxygen atoms in total. The maximum absolute atomic E-state index is 14.0. The number of hydrogen-bond acceptors (Lipinski definition) is 7. The average molecular weight is 452 g/mol. The van der Waals surface area contributed by atoms with Crippen LogP contribution in [0, 0.1) is 11.2 Å². The largest absolute Gasteiger partial charge is 0.417 e. The van der Waals surface area contributed by atoms with E-state index in [4.69, 9.17) is 5.41 Å². The lowest BCUT2D eigenvalue weighted by atomic mass is 9.98. The molecule has 2 aromatic rings. The van der Waals surface area contributed by atoms with Crippen LogP contribution in [-0.2, 0) is 4.79 Å². The van der Waals surface area contributed by atoms with Crippen molar-refractivity contribution < 1.29 is 27.8 Å². The Morgan fingerprint density at radius 3 is 2.74 bits per heavy atom. The molecule has 1 aliphatic rings. The van der Waals surface area contributed by atoms with E-state index in [1.807, 2.05) is 0 Å². The maximum Gasteiger partial charge on any atom is 0.388 e. The van der Waals surface area contributed by atoms with Crippen LogP contribution in [0.1, 0.15) is 11.5 Å². The predicted octanol–water partition coefficient (Wildman–Crippen LogP) is 2.94. The number of nitrogens with zero attached hydrogens (tertiary/aromatic N) is 2. The molecule has 1 fully saturated rings. The third kappa shape index (κ3) is 5.76. The summed E-state index contributed by atoms with van der Waals surface area (Å²) in [5.41, 5.74) is 0.876. The highest BCUT2D eigenvalue weighted by Crippen LogP contribution is 2.24. The van der Waals surface area contributed by atoms with E-state index in [0.29, 0.717) is 10.5 Å². The fourth-order valence-corrected chi connectivity index (χ4v) is 3.56. The normalized spacial score (nSPS) is 16.1. The zero-order valence-corrected chi connectivity index (χ0v) is 16.9. The van der Waals surface area contributed by atoms with E-state index in [1.165, 1.54) is 41.4 Å². The number of pyridine rings is 1. The molecule has 0 radical (unpaired) electrons. The molecule has 3 N–H and O–H groups in total. The van der Waals surface area contributed by atoms with Gasteiger partial charge in [-0.2, -0.15) is 8.78 Å². The molecule has 1 aromatic heterocycles. The Kier molecular flexibility index (Phi) is 7.53. The van der Waals surface area contributed by atoms with Gasteiger partial charge in [0.1, 0.15) is 5.82 Å². The number of hydrogen-bond donors (Lipinski definition) is 3. The molecule has 2 heterocycles. The first-order valence-electron chi connectivity index (χ1n) is 9.13. The summed E-state index contributed by atoms with van der Waals surface area (Å²) in [5, 5.41) is 17.8. The lowest BCUT2D eigenvalue weighted by Gasteiger charge is -2.21. The van der Waals surface area contributed by atoms with Gasteiger partial charge in [-0.05, 0) is 24.1 Å². The van der Waals surface area contributed by atoms with Crippen LogP contribution in [0.2, 0.25) is 0 Å². The Balaban J connectivity index is 1.59. The number of aromatic nitrogens is 1. The molecule has 0 aliphatic carbocycles. The van der Waals surface area contributed by atoms with Crippen LogP contribution in [-0.4, -0.2) is 52.9 Å². The highest BCUT2D eigenvalue weighted by Gasteiger charge is 2.32. The molecule has 0 bridgehead atoms. The second kappa shape index (κ2) is 10.3. The van der Waals surface area contributed by atoms with E-state index in [1.54, 1.807) is 12.3 Å². The molecule has 0 spiro atoms. The summed E-state index contributed by atoms with van der Waals surface area (Å²) in [6.07, 6.45) is 2.91. The van der Waals surface area contributed by atoms with E-state index >= 15 is 0 Å². The first-order valence-corrected chi connectivity index (χ1v) is 9.94. The van der Waals surface area contributed by atoms with Crippen molar-refractivity contribution >= 4 is 23.6 Å². The number of aliphatic hydroxyl groups is 1. The third-order valence-corrected chi connectivity index (χ3v) is 5.21. The highest BCUT2D eigenvalue weighted by atomic mass is 32.2. The zero-order valence-electron chi connectivity index (χ0n) is 16.1. The van der Waals surface area contributed by atoms with Gasteiger partial charge in [0.25, 0.3) is 0 Å². The van der Waals surface area contributed by atoms with Crippen molar-refractivity contribution in [1.82, 2.24) is 14.6 Å². The Labute approximate surface area is 180 Å². The summed E-state index contributed by atoms with van der Waals surface area (Å²) < 4.78 is 45.4. The summed E-state index contributed by atoms with van der Waals surface area (Å²) in [6.45, 7) is -3.31. The van der Waals surface area contributed by atoms with Gasteiger partial charge in [-0.15, -0.1) is 0 Å². The number of nitrogens with one attached hydrogen (secondary N) is 2. The van der Waals surface area contributed by atoms with Gasteiger partial charge in [-0.1, -0.05) is 18.2 Å². The van der Waals surface area contributed by atoms with Crippen molar-refractivity contribution in [2.45, 2.75) is 17.4 Å². The van der Waals surface area contributed by atoms with Crippen molar-refractivity contribution in [3.05, 3.63) is 65.7 Å². The SMILES string of the molecule is N=C1CN(C(=O)C(CO)c2ccccc2F)C/C1=C/NSc1ccc(OC(F)F)nc1. The van der Waals surface area contributed by atoms with E-state index in [-0.39, 0.29) is 30.2 Å². The van der Waals surface area contributed by atoms with Gasteiger partial charge >= 0.3 is 6.61 Å². The standard InChI is InChI=1S/C20H19F3N4O3S/c21-16-4-2-1-3-14(16)15(11-28)19(29)27-9-12(17(24)10-27)7-26-31-13-5-6-18(25-8-13)30-20(22)23/h1-8,15,20,24,26,28H,9-11H2/b12-7-,24-17?. The van der Waals surface area contributed by atoms with Crippen LogP contribution in [0.25, 0.3) is 0 Å². The first-order chi connectivity index (χ1) is 14.9. The number of likely N-dealkylation sites (tertiary alicyclic amines) is 1. The Morgan fingerprint density at radius 1 is 1.32 bits per heavy atom. The van der Waals surface area contributed by atoms with Crippen molar-refractivity contribution in [2.75, 3.05) is 19.7 Å². The van der Waals surface area contributed by atoms with Crippen molar-refractivity contribution in [1.29, 1.82) is 5.41 Å². The second-order valence-corrected chi connectivity index (χ2v) is 7.44. The molecule has 0 saturated carbocycles. The number of aliphatic hydroxyl groups excluding tert-OH is 1. The quantitative estimate of drug-likeness (QED) is 0.533. The van der Waals surface area contributed by atoms with E-state index in [9.17, 15) is 23.1 Å². The summed E-state index contributed by atoms with van der Waals surface area (Å²) in [6, 6.07) is 8.62. The van der Waals surface area contributed by atoms with Crippen LogP contribution >= 0.6 is 11.9 Å². The van der Waals surface area contributed by atoms with Crippen LogP contribution < -0.4 is 9.46 Å². The number of carbonyl (C=O) groups is 1. The Morgan fingerprint density at radius 2 is 2.10 bits per heavy atom. The van der Waals surface area contributed by atoms with Gasteiger partial charge < -0.3 is 24.9 Å². The smallest absolute Gasteiger partial charge is 0.388 e. The van der Waals surface area contributed by atoms with Crippen LogP contribution in [0.15, 0.2) is 59.3 Å². The molecule has 1 aliphatic heterocycles. The fraction of sp³-hybridized carbons (Fsp3) is 0.250. The molecular formula is C20H19F3N4O3S. The highest BCUT2D eigenvalue weighted by molar-refractivity contribution is 7.97. The van der Waals surface area contributed by atoms with Crippen molar-refractivity contribution in [3.63, 3.8) is 0 Å². The number of amides is 1. The van der Waals surface area contributed by atoms with E-state index in [2.05, 4.69) is 14.4 Å². The van der Waals surface area contributed by atoms with E-state index < -0.39 is 30.9 Å². The van der Waals surface area contributed by atoms with Gasteiger partial charge in [-0.3, -0.25) is 4.79 Å². The Hall–Kier alpha value is -3.05. The number of rotatable bonds is 8. The minimum atomic E-state index is -2.95. The van der Waals surface area contributed by atoms with E-state index in [0.717, 1.165) is 11.9 Å². The number of alkyl halides is 2. The predicted molar refractivity (Wildman–Crippen MR) is 108 cm³/mol. The molecule has 3 rings (SSSR count). The molecule has 1 amide bonds. The average Bonchev–Trinajstić information content (AvgIpc) is 3.11. The third-order valence-electron chi connectivity index (χ3n) is 4.50. The summed E-state index contributed by atoms with van der Waals surface area (Å²) >= 11 is 1.13. The lowest BCUT2D eigenvalue weighted by Crippen LogP contribution is -2.35. The van der Waals surface area contributed by atoms with Crippen molar-refractivity contribution in [2.24, 2.45) is 0 Å². The zero-order chi connectivity index (χ0) is 22.4. The summed E-state index contributed by atoms with van der Waals surface area (Å²) in [5.74, 6) is -2.28. The number of halogens is 3. The Bertz CT molecular complexity index is 972. The molecule has 1 unspecified atom stereocenters. The molecule has 1 aromatic carbocycles. The minimum Gasteiger partial charge on any atom is -0.417 e. The molecule has 1 saturated heterocycles. The minimum absolute atomic E-state index is 0.0448. The molecule has 11 heteroatoms. The molecular weight excluding hydrogens is 433 g/mol. The van der Waals surface area contributed by atoms with Gasteiger partial charge in [0, 0.05) is 41.0 Å². The van der Waals surface area contributed by atoms with Crippen LogP contribution in [0.3, 0.4) is 0 Å². The summed E-state index contributed by atoms with van der Waals surface area (Å²) in [4.78, 5) is 18.6. The number of benzene rings is 1. The van der Waals surface area contributed by atoms with Crippen molar-refractivity contribution in [3.8, 4) is 5.88 Å². The first kappa shape index (κ1) is 22.6. The lowest BCUT2D eigenvalue weighted by molar-refractivity contribution is -0.132. The number of carbonyl (C=O) groups excluding carboxylic acids is 1. The van der Waals surface area contributed by atoms with Gasteiger partial charge in [-0.25, -0.2) is 9.37 Å². The van der Waals surface area contributed by atoms with Gasteiger partial charge in [0.15, 0.2) is 0 Å². The van der Waals surface area contributed by atoms with Gasteiger partial charge in [0.2, 0.25) is 11.8 Å². The van der Waals surface area contributed by atoms with Crippen LogP contribution in [0.5, 0.6) is 5.88 Å². The molecule has 31 heavy (non-hydrogen) atoms. The molecule has 164 valence electrons. The number of ether oxygens (including phenoxy) is 1. The fourth-order valence-electron chi connectivity index (χ4n) is 2.98. The van der Waals surface area contributed by atoms with Crippen LogP contribution in [0.4, 0.5) is 13.2 Å².